The Morgan fingerprint density at radius 1 is 1.40 bits per heavy atom. The molecule has 2 aliphatic rings. The van der Waals surface area contributed by atoms with Gasteiger partial charge < -0.3 is 5.73 Å². The average molecular weight is 222 g/mol. The fourth-order valence-corrected chi connectivity index (χ4v) is 2.93. The molecule has 80 valence electrons. The highest BCUT2D eigenvalue weighted by molar-refractivity contribution is 6.30. The van der Waals surface area contributed by atoms with Crippen LogP contribution < -0.4 is 5.73 Å². The van der Waals surface area contributed by atoms with Crippen LogP contribution in [0.1, 0.15) is 24.8 Å². The van der Waals surface area contributed by atoms with Crippen LogP contribution in [0.25, 0.3) is 0 Å². The Kier molecular flexibility index (Phi) is 2.08. The molecule has 2 atom stereocenters. The van der Waals surface area contributed by atoms with E-state index in [-0.39, 0.29) is 5.54 Å². The maximum atomic E-state index is 6.37. The highest BCUT2D eigenvalue weighted by Gasteiger charge is 2.56. The van der Waals surface area contributed by atoms with E-state index in [1.165, 1.54) is 24.8 Å². The smallest absolute Gasteiger partial charge is 0.0408 e. The average Bonchev–Trinajstić information content (AvgIpc) is 3.01. The number of rotatable bonds is 3. The van der Waals surface area contributed by atoms with Gasteiger partial charge in [-0.05, 0) is 55.2 Å². The van der Waals surface area contributed by atoms with Gasteiger partial charge in [0, 0.05) is 10.6 Å². The molecule has 1 aromatic carbocycles. The standard InChI is InChI=1S/C13H16ClN/c14-11-3-1-2-9(6-11)7-13(15)8-12(13)10-4-5-10/h1-3,6,10,12H,4-5,7-8,15H2. The summed E-state index contributed by atoms with van der Waals surface area (Å²) in [5.41, 5.74) is 7.75. The topological polar surface area (TPSA) is 26.0 Å². The zero-order valence-corrected chi connectivity index (χ0v) is 9.50. The van der Waals surface area contributed by atoms with Crippen molar-refractivity contribution in [3.8, 4) is 0 Å². The second kappa shape index (κ2) is 3.23. The Hall–Kier alpha value is -0.530. The van der Waals surface area contributed by atoms with Crippen molar-refractivity contribution in [3.63, 3.8) is 0 Å². The number of hydrogen-bond donors (Lipinski definition) is 1. The molecule has 2 unspecified atom stereocenters. The van der Waals surface area contributed by atoms with E-state index in [9.17, 15) is 0 Å². The molecule has 2 saturated carbocycles. The van der Waals surface area contributed by atoms with E-state index in [1.54, 1.807) is 0 Å². The molecule has 3 rings (SSSR count). The van der Waals surface area contributed by atoms with Crippen molar-refractivity contribution in [2.45, 2.75) is 31.2 Å². The van der Waals surface area contributed by atoms with E-state index >= 15 is 0 Å². The van der Waals surface area contributed by atoms with Gasteiger partial charge >= 0.3 is 0 Å². The Labute approximate surface area is 95.6 Å². The summed E-state index contributed by atoms with van der Waals surface area (Å²) in [5, 5.41) is 0.819. The quantitative estimate of drug-likeness (QED) is 0.835. The van der Waals surface area contributed by atoms with Crippen LogP contribution in [0.3, 0.4) is 0 Å². The summed E-state index contributed by atoms with van der Waals surface area (Å²) in [6.45, 7) is 0. The minimum absolute atomic E-state index is 0.0891. The van der Waals surface area contributed by atoms with Gasteiger partial charge in [-0.2, -0.15) is 0 Å². The summed E-state index contributed by atoms with van der Waals surface area (Å²) >= 11 is 5.96. The number of nitrogens with two attached hydrogens (primary N) is 1. The maximum Gasteiger partial charge on any atom is 0.0408 e. The first-order chi connectivity index (χ1) is 7.17. The number of halogens is 1. The Morgan fingerprint density at radius 2 is 2.20 bits per heavy atom. The van der Waals surface area contributed by atoms with Gasteiger partial charge in [-0.15, -0.1) is 0 Å². The third-order valence-corrected chi connectivity index (χ3v) is 4.03. The molecule has 1 aromatic rings. The van der Waals surface area contributed by atoms with Gasteiger partial charge in [0.2, 0.25) is 0 Å². The third kappa shape index (κ3) is 1.91. The van der Waals surface area contributed by atoms with Crippen LogP contribution in [-0.4, -0.2) is 5.54 Å². The van der Waals surface area contributed by atoms with E-state index in [2.05, 4.69) is 6.07 Å². The molecule has 0 amide bonds. The van der Waals surface area contributed by atoms with Crippen LogP contribution in [0.15, 0.2) is 24.3 Å². The molecule has 0 saturated heterocycles. The molecule has 2 N–H and O–H groups in total. The normalized spacial score (nSPS) is 34.1. The first-order valence-corrected chi connectivity index (χ1v) is 6.08. The zero-order chi connectivity index (χ0) is 10.5. The van der Waals surface area contributed by atoms with Gasteiger partial charge in [0.05, 0.1) is 0 Å². The predicted molar refractivity (Wildman–Crippen MR) is 62.9 cm³/mol. The minimum Gasteiger partial charge on any atom is -0.325 e. The van der Waals surface area contributed by atoms with Gasteiger partial charge in [-0.1, -0.05) is 23.7 Å². The molecular formula is C13H16ClN. The molecule has 0 aliphatic heterocycles. The highest BCUT2D eigenvalue weighted by Crippen LogP contribution is 2.56. The fourth-order valence-electron chi connectivity index (χ4n) is 2.72. The first kappa shape index (κ1) is 9.68. The van der Waals surface area contributed by atoms with Crippen LogP contribution in [0.4, 0.5) is 0 Å². The SMILES string of the molecule is NC1(Cc2cccc(Cl)c2)CC1C1CC1. The van der Waals surface area contributed by atoms with Crippen molar-refractivity contribution in [2.24, 2.45) is 17.6 Å². The van der Waals surface area contributed by atoms with Gasteiger partial charge in [0.25, 0.3) is 0 Å². The summed E-state index contributed by atoms with van der Waals surface area (Å²) in [5.74, 6) is 1.73. The number of benzene rings is 1. The molecule has 2 fully saturated rings. The lowest BCUT2D eigenvalue weighted by molar-refractivity contribution is 0.548. The molecule has 0 radical (unpaired) electrons. The molecule has 0 heterocycles. The summed E-state index contributed by atoms with van der Waals surface area (Å²) in [6, 6.07) is 8.09. The predicted octanol–water partition coefficient (Wildman–Crippen LogP) is 3.01. The lowest BCUT2D eigenvalue weighted by Gasteiger charge is -2.11. The molecule has 15 heavy (non-hydrogen) atoms. The highest BCUT2D eigenvalue weighted by atomic mass is 35.5. The van der Waals surface area contributed by atoms with E-state index in [4.69, 9.17) is 17.3 Å². The van der Waals surface area contributed by atoms with E-state index in [0.29, 0.717) is 0 Å². The first-order valence-electron chi connectivity index (χ1n) is 5.71. The molecular weight excluding hydrogens is 206 g/mol. The van der Waals surface area contributed by atoms with Crippen molar-refractivity contribution in [1.29, 1.82) is 0 Å². The van der Waals surface area contributed by atoms with Gasteiger partial charge in [-0.3, -0.25) is 0 Å². The van der Waals surface area contributed by atoms with Crippen LogP contribution >= 0.6 is 11.6 Å². The van der Waals surface area contributed by atoms with Gasteiger partial charge in [0.15, 0.2) is 0 Å². The van der Waals surface area contributed by atoms with Crippen molar-refractivity contribution >= 4 is 11.6 Å². The van der Waals surface area contributed by atoms with E-state index in [1.807, 2.05) is 18.2 Å². The molecule has 0 spiro atoms. The van der Waals surface area contributed by atoms with Crippen LogP contribution in [0, 0.1) is 11.8 Å². The minimum atomic E-state index is 0.0891. The van der Waals surface area contributed by atoms with Crippen LogP contribution in [0.2, 0.25) is 5.02 Å². The van der Waals surface area contributed by atoms with E-state index in [0.717, 1.165) is 23.3 Å². The lowest BCUT2D eigenvalue weighted by atomic mass is 10.0. The summed E-state index contributed by atoms with van der Waals surface area (Å²) in [4.78, 5) is 0. The summed E-state index contributed by atoms with van der Waals surface area (Å²) in [7, 11) is 0. The van der Waals surface area contributed by atoms with Crippen molar-refractivity contribution < 1.29 is 0 Å². The van der Waals surface area contributed by atoms with Crippen molar-refractivity contribution in [1.82, 2.24) is 0 Å². The summed E-state index contributed by atoms with van der Waals surface area (Å²) in [6.07, 6.45) is 5.01. The number of hydrogen-bond acceptors (Lipinski definition) is 1. The Bertz CT molecular complexity index is 386. The Morgan fingerprint density at radius 3 is 2.87 bits per heavy atom. The summed E-state index contributed by atoms with van der Waals surface area (Å²) < 4.78 is 0. The molecule has 2 aliphatic carbocycles. The maximum absolute atomic E-state index is 6.37. The lowest BCUT2D eigenvalue weighted by Crippen LogP contribution is -2.28. The molecule has 2 heteroatoms. The molecule has 0 bridgehead atoms. The van der Waals surface area contributed by atoms with Gasteiger partial charge in [-0.25, -0.2) is 0 Å². The second-order valence-electron chi connectivity index (χ2n) is 5.19. The largest absolute Gasteiger partial charge is 0.325 e. The van der Waals surface area contributed by atoms with Crippen molar-refractivity contribution in [3.05, 3.63) is 34.9 Å². The van der Waals surface area contributed by atoms with Crippen molar-refractivity contribution in [2.75, 3.05) is 0 Å². The van der Waals surface area contributed by atoms with Crippen LogP contribution in [-0.2, 0) is 6.42 Å². The Balaban J connectivity index is 1.70. The monoisotopic (exact) mass is 221 g/mol. The third-order valence-electron chi connectivity index (χ3n) is 3.79. The molecule has 0 aromatic heterocycles. The van der Waals surface area contributed by atoms with E-state index < -0.39 is 0 Å². The molecule has 1 nitrogen and oxygen atoms in total. The fraction of sp³-hybridized carbons (Fsp3) is 0.538. The second-order valence-corrected chi connectivity index (χ2v) is 5.62. The van der Waals surface area contributed by atoms with Gasteiger partial charge in [0.1, 0.15) is 0 Å². The van der Waals surface area contributed by atoms with Crippen LogP contribution in [0.5, 0.6) is 0 Å². The zero-order valence-electron chi connectivity index (χ0n) is 8.75.